The molecular weight excluding hydrogens is 318 g/mol. The third-order valence-corrected chi connectivity index (χ3v) is 4.85. The van der Waals surface area contributed by atoms with Crippen molar-refractivity contribution in [1.82, 2.24) is 14.8 Å². The number of hydrogen-bond acceptors (Lipinski definition) is 6. The minimum absolute atomic E-state index is 0.0857. The van der Waals surface area contributed by atoms with Gasteiger partial charge in [-0.25, -0.2) is 4.98 Å². The second-order valence-electron chi connectivity index (χ2n) is 6.54. The van der Waals surface area contributed by atoms with E-state index in [1.165, 1.54) is 0 Å². The number of nitrogens with one attached hydrogen (secondary N) is 1. The molecule has 3 N–H and O–H groups in total. The number of hydrogen-bond donors (Lipinski definition) is 3. The summed E-state index contributed by atoms with van der Waals surface area (Å²) in [5.74, 6) is 0.937. The highest BCUT2D eigenvalue weighted by molar-refractivity contribution is 5.65. The molecule has 1 aliphatic rings. The van der Waals surface area contributed by atoms with Crippen molar-refractivity contribution in [2.24, 2.45) is 0 Å². The van der Waals surface area contributed by atoms with Gasteiger partial charge in [0.25, 0.3) is 0 Å². The highest BCUT2D eigenvalue weighted by atomic mass is 16.3. The normalized spacial score (nSPS) is 15.6. The molecule has 0 unspecified atom stereocenters. The van der Waals surface area contributed by atoms with E-state index >= 15 is 0 Å². The molecule has 25 heavy (non-hydrogen) atoms. The third kappa shape index (κ3) is 3.93. The smallest absolute Gasteiger partial charge is 0.151 e. The van der Waals surface area contributed by atoms with Crippen LogP contribution in [0.3, 0.4) is 0 Å². The molecule has 0 bridgehead atoms. The van der Waals surface area contributed by atoms with E-state index in [0.717, 1.165) is 54.4 Å². The molecule has 0 aliphatic carbocycles. The Hall–Kier alpha value is -2.12. The van der Waals surface area contributed by atoms with Crippen LogP contribution >= 0.6 is 0 Å². The summed E-state index contributed by atoms with van der Waals surface area (Å²) in [4.78, 5) is 6.77. The van der Waals surface area contributed by atoms with Crippen LogP contribution < -0.4 is 10.2 Å². The molecule has 0 aromatic carbocycles. The van der Waals surface area contributed by atoms with E-state index in [0.29, 0.717) is 13.1 Å². The maximum absolute atomic E-state index is 9.71. The summed E-state index contributed by atoms with van der Waals surface area (Å²) in [6, 6.07) is 3.97. The molecule has 2 aromatic heterocycles. The summed E-state index contributed by atoms with van der Waals surface area (Å²) in [5.41, 5.74) is 4.19. The van der Waals surface area contributed by atoms with Gasteiger partial charge in [0.15, 0.2) is 5.82 Å². The zero-order valence-electron chi connectivity index (χ0n) is 14.9. The van der Waals surface area contributed by atoms with Gasteiger partial charge >= 0.3 is 0 Å². The number of aliphatic hydroxyl groups is 2. The van der Waals surface area contributed by atoms with Gasteiger partial charge in [-0.05, 0) is 38.8 Å². The van der Waals surface area contributed by atoms with Crippen LogP contribution in [0.2, 0.25) is 0 Å². The molecule has 0 spiro atoms. The molecule has 7 nitrogen and oxygen atoms in total. The van der Waals surface area contributed by atoms with Gasteiger partial charge < -0.3 is 20.4 Å². The molecular formula is C18H27N5O2. The van der Waals surface area contributed by atoms with E-state index in [-0.39, 0.29) is 12.7 Å². The fourth-order valence-corrected chi connectivity index (χ4v) is 3.35. The van der Waals surface area contributed by atoms with E-state index in [4.69, 9.17) is 5.11 Å². The number of aromatic nitrogens is 3. The Morgan fingerprint density at radius 3 is 2.76 bits per heavy atom. The molecule has 1 saturated heterocycles. The average Bonchev–Trinajstić information content (AvgIpc) is 2.88. The Balaban J connectivity index is 1.74. The van der Waals surface area contributed by atoms with E-state index < -0.39 is 0 Å². The number of aryl methyl sites for hydroxylation is 1. The lowest BCUT2D eigenvalue weighted by atomic mass is 10.1. The summed E-state index contributed by atoms with van der Waals surface area (Å²) in [6.45, 7) is 6.93. The fraction of sp³-hybridized carbons (Fsp3) is 0.556. The molecule has 7 heteroatoms. The van der Waals surface area contributed by atoms with Gasteiger partial charge in [-0.3, -0.25) is 4.68 Å². The lowest BCUT2D eigenvalue weighted by Gasteiger charge is -2.31. The summed E-state index contributed by atoms with van der Waals surface area (Å²) >= 11 is 0. The minimum atomic E-state index is -0.195. The highest BCUT2D eigenvalue weighted by Crippen LogP contribution is 2.27. The maximum atomic E-state index is 9.71. The van der Waals surface area contributed by atoms with Gasteiger partial charge in [-0.2, -0.15) is 5.10 Å². The number of nitrogens with zero attached hydrogens (tertiary/aromatic N) is 4. The zero-order valence-corrected chi connectivity index (χ0v) is 14.9. The first kappa shape index (κ1) is 17.7. The molecule has 0 amide bonds. The van der Waals surface area contributed by atoms with Crippen LogP contribution in [0.4, 0.5) is 11.5 Å². The van der Waals surface area contributed by atoms with Crippen LogP contribution in [0.25, 0.3) is 0 Å². The fourth-order valence-electron chi connectivity index (χ4n) is 3.35. The summed E-state index contributed by atoms with van der Waals surface area (Å²) in [7, 11) is 0. The van der Waals surface area contributed by atoms with Gasteiger partial charge in [-0.15, -0.1) is 0 Å². The average molecular weight is 345 g/mol. The zero-order chi connectivity index (χ0) is 17.8. The molecule has 1 fully saturated rings. The Morgan fingerprint density at radius 1 is 1.28 bits per heavy atom. The molecule has 0 saturated carbocycles. The van der Waals surface area contributed by atoms with Crippen molar-refractivity contribution in [3.8, 4) is 0 Å². The largest absolute Gasteiger partial charge is 0.394 e. The van der Waals surface area contributed by atoms with Crippen molar-refractivity contribution in [3.63, 3.8) is 0 Å². The number of aliphatic hydroxyl groups excluding tert-OH is 2. The first-order chi connectivity index (χ1) is 12.1. The molecule has 0 atom stereocenters. The van der Waals surface area contributed by atoms with Crippen LogP contribution in [0, 0.1) is 13.8 Å². The summed E-state index contributed by atoms with van der Waals surface area (Å²) in [5, 5.41) is 26.8. The molecule has 2 aromatic rings. The van der Waals surface area contributed by atoms with Gasteiger partial charge in [0, 0.05) is 37.1 Å². The van der Waals surface area contributed by atoms with Crippen LogP contribution in [0.1, 0.15) is 29.8 Å². The molecule has 3 rings (SSSR count). The van der Waals surface area contributed by atoms with Crippen molar-refractivity contribution in [2.45, 2.75) is 45.9 Å². The Kier molecular flexibility index (Phi) is 5.55. The molecule has 136 valence electrons. The van der Waals surface area contributed by atoms with Gasteiger partial charge in [-0.1, -0.05) is 0 Å². The van der Waals surface area contributed by atoms with Crippen molar-refractivity contribution >= 4 is 11.5 Å². The van der Waals surface area contributed by atoms with Crippen LogP contribution in [-0.4, -0.2) is 50.8 Å². The van der Waals surface area contributed by atoms with Crippen molar-refractivity contribution < 1.29 is 10.2 Å². The van der Waals surface area contributed by atoms with Crippen molar-refractivity contribution in [3.05, 3.63) is 35.3 Å². The maximum Gasteiger partial charge on any atom is 0.151 e. The minimum Gasteiger partial charge on any atom is -0.394 e. The molecule has 0 radical (unpaired) electrons. The Morgan fingerprint density at radius 2 is 2.04 bits per heavy atom. The Labute approximate surface area is 148 Å². The second-order valence-corrected chi connectivity index (χ2v) is 6.54. The SMILES string of the molecule is Cc1nn(CCO)c(C)c1CNc1cccnc1N1CCC(O)CC1. The topological polar surface area (TPSA) is 86.4 Å². The molecule has 3 heterocycles. The lowest BCUT2D eigenvalue weighted by molar-refractivity contribution is 0.145. The number of piperidine rings is 1. The van der Waals surface area contributed by atoms with Crippen LogP contribution in [0.5, 0.6) is 0 Å². The van der Waals surface area contributed by atoms with E-state index in [2.05, 4.69) is 20.3 Å². The number of pyridine rings is 1. The third-order valence-electron chi connectivity index (χ3n) is 4.85. The number of anilines is 2. The predicted molar refractivity (Wildman–Crippen MR) is 97.8 cm³/mol. The van der Waals surface area contributed by atoms with Crippen LogP contribution in [0.15, 0.2) is 18.3 Å². The first-order valence-electron chi connectivity index (χ1n) is 8.85. The van der Waals surface area contributed by atoms with E-state index in [1.54, 1.807) is 6.20 Å². The van der Waals surface area contributed by atoms with Crippen LogP contribution in [-0.2, 0) is 13.1 Å². The molecule has 1 aliphatic heterocycles. The van der Waals surface area contributed by atoms with Crippen molar-refractivity contribution in [2.75, 3.05) is 29.9 Å². The van der Waals surface area contributed by atoms with Gasteiger partial charge in [0.1, 0.15) is 0 Å². The van der Waals surface area contributed by atoms with Gasteiger partial charge in [0.2, 0.25) is 0 Å². The van der Waals surface area contributed by atoms with E-state index in [9.17, 15) is 5.11 Å². The number of rotatable bonds is 6. The monoisotopic (exact) mass is 345 g/mol. The summed E-state index contributed by atoms with van der Waals surface area (Å²) in [6.07, 6.45) is 3.17. The highest BCUT2D eigenvalue weighted by Gasteiger charge is 2.20. The van der Waals surface area contributed by atoms with E-state index in [1.807, 2.05) is 30.7 Å². The standard InChI is InChI=1S/C18H27N5O2/c1-13-16(14(2)23(21-13)10-11-24)12-20-17-4-3-7-19-18(17)22-8-5-15(25)6-9-22/h3-4,7,15,20,24-25H,5-6,8-12H2,1-2H3. The summed E-state index contributed by atoms with van der Waals surface area (Å²) < 4.78 is 1.85. The first-order valence-corrected chi connectivity index (χ1v) is 8.85. The second kappa shape index (κ2) is 7.84. The van der Waals surface area contributed by atoms with Crippen molar-refractivity contribution in [1.29, 1.82) is 0 Å². The lowest BCUT2D eigenvalue weighted by Crippen LogP contribution is -2.36. The quantitative estimate of drug-likeness (QED) is 0.735. The van der Waals surface area contributed by atoms with Gasteiger partial charge in [0.05, 0.1) is 30.6 Å². The predicted octanol–water partition coefficient (Wildman–Crippen LogP) is 1.46. The Bertz CT molecular complexity index is 707.